The van der Waals surface area contributed by atoms with Crippen LogP contribution >= 0.6 is 24.8 Å². The summed E-state index contributed by atoms with van der Waals surface area (Å²) in [5.41, 5.74) is 21.7. The summed E-state index contributed by atoms with van der Waals surface area (Å²) in [6.07, 6.45) is 7.12. The molecule has 2 nitrogen and oxygen atoms in total. The number of hydrogen-bond acceptors (Lipinski definition) is 2. The van der Waals surface area contributed by atoms with Crippen LogP contribution in [0, 0.1) is 41.5 Å². The molecule has 0 saturated heterocycles. The van der Waals surface area contributed by atoms with Crippen LogP contribution in [-0.4, -0.2) is 5.43 Å². The van der Waals surface area contributed by atoms with E-state index in [1.54, 1.807) is 0 Å². The van der Waals surface area contributed by atoms with E-state index in [1.807, 2.05) is 0 Å². The van der Waals surface area contributed by atoms with E-state index in [0.29, 0.717) is 7.25 Å². The van der Waals surface area contributed by atoms with Crippen molar-refractivity contribution in [3.05, 3.63) is 164 Å². The minimum atomic E-state index is -2.70. The number of fused-ring (bicyclic) bond motifs is 2. The molecule has 2 atom stereocenters. The van der Waals surface area contributed by atoms with Crippen molar-refractivity contribution in [1.29, 1.82) is 0 Å². The number of benzene rings is 4. The van der Waals surface area contributed by atoms with Crippen LogP contribution in [-0.2, 0) is 33.2 Å². The third kappa shape index (κ3) is 7.08. The molecule has 0 amide bonds. The summed E-state index contributed by atoms with van der Waals surface area (Å²) in [6, 6.07) is 32.0. The molecule has 6 heteroatoms. The standard InChI is InChI=1S/2C24H23O.C2H6Si.2ClH.Zr/c2*1-5-18-8-6-7-9-21(18)24-17(4)15(2)12-19-13-20(14-22(19)24)23-11-10-16(3)25-23;1-3-2;;;/h2*6-14H,5H2,1-4H3;1-2H3;2*1H;. The van der Waals surface area contributed by atoms with Crippen molar-refractivity contribution in [2.45, 2.75) is 88.6 Å². The maximum Gasteiger partial charge on any atom is -0.147 e. The molecule has 0 N–H and O–H groups in total. The molecule has 0 bridgehead atoms. The first-order valence-electron chi connectivity index (χ1n) is 19.7. The fraction of sp³-hybridized carbons (Fsp3) is 0.280. The Bertz CT molecular complexity index is 2410. The number of aryl methyl sites for hydroxylation is 6. The second-order valence-electron chi connectivity index (χ2n) is 15.8. The van der Waals surface area contributed by atoms with Crippen molar-refractivity contribution in [2.24, 2.45) is 0 Å². The van der Waals surface area contributed by atoms with Gasteiger partial charge in [-0.3, -0.25) is 0 Å². The first-order valence-corrected chi connectivity index (χ1v) is 28.7. The van der Waals surface area contributed by atoms with Crippen molar-refractivity contribution in [1.82, 2.24) is 0 Å². The fourth-order valence-electron chi connectivity index (χ4n) is 9.39. The van der Waals surface area contributed by atoms with Gasteiger partial charge in [0.25, 0.3) is 0 Å². The summed E-state index contributed by atoms with van der Waals surface area (Å²) in [7, 11) is 0. The minimum Gasteiger partial charge on any atom is -0.147 e. The van der Waals surface area contributed by atoms with Crippen LogP contribution in [0.2, 0.25) is 13.1 Å². The molecular formula is C50H54Cl2O2SiZr. The summed E-state index contributed by atoms with van der Waals surface area (Å²) in [5.74, 6) is 4.01. The summed E-state index contributed by atoms with van der Waals surface area (Å²) >= 11 is -2.70. The molecular weight excluding hydrogens is 823 g/mol. The Kier molecular flexibility index (Phi) is 12.7. The average Bonchev–Trinajstić information content (AvgIpc) is 3.96. The maximum absolute atomic E-state index is 6.64. The largest absolute Gasteiger partial charge is 0.147 e. The molecule has 2 aliphatic rings. The van der Waals surface area contributed by atoms with Crippen molar-refractivity contribution >= 4 is 53.5 Å². The molecule has 0 aliphatic heterocycles. The van der Waals surface area contributed by atoms with Crippen LogP contribution in [0.5, 0.6) is 0 Å². The van der Waals surface area contributed by atoms with E-state index < -0.39 is 25.8 Å². The molecule has 6 aromatic rings. The predicted octanol–water partition coefficient (Wildman–Crippen LogP) is 14.8. The Morgan fingerprint density at radius 2 is 0.946 bits per heavy atom. The molecule has 8 rings (SSSR count). The molecule has 0 fully saturated rings. The SMILES string of the molecule is CCc1ccccc1-c1c(C)c(C)cc2c1C=C(c1ccc(C)o1)[CH]2[Zr]([CH]1C(c2ccc(C)o2)=Cc2c1cc(C)c(C)c2-c1ccccc1CC)=[Si](C)C.Cl.Cl. The van der Waals surface area contributed by atoms with Gasteiger partial charge in [0, 0.05) is 0 Å². The van der Waals surface area contributed by atoms with E-state index in [4.69, 9.17) is 8.83 Å². The topological polar surface area (TPSA) is 26.3 Å². The molecule has 4 aromatic carbocycles. The van der Waals surface area contributed by atoms with Gasteiger partial charge in [-0.05, 0) is 0 Å². The Balaban J connectivity index is 0.00000266. The van der Waals surface area contributed by atoms with Crippen LogP contribution in [0.1, 0.15) is 99.8 Å². The van der Waals surface area contributed by atoms with Gasteiger partial charge in [-0.1, -0.05) is 0 Å². The van der Waals surface area contributed by atoms with Crippen molar-refractivity contribution in [2.75, 3.05) is 0 Å². The molecule has 2 aromatic heterocycles. The van der Waals surface area contributed by atoms with Crippen molar-refractivity contribution in [3.63, 3.8) is 0 Å². The Morgan fingerprint density at radius 3 is 1.29 bits per heavy atom. The van der Waals surface area contributed by atoms with Crippen molar-refractivity contribution < 1.29 is 29.2 Å². The van der Waals surface area contributed by atoms with Gasteiger partial charge in [-0.15, -0.1) is 24.8 Å². The van der Waals surface area contributed by atoms with E-state index in [9.17, 15) is 0 Å². The van der Waals surface area contributed by atoms with Crippen LogP contribution in [0.25, 0.3) is 45.6 Å². The zero-order valence-electron chi connectivity index (χ0n) is 34.4. The van der Waals surface area contributed by atoms with Gasteiger partial charge in [-0.25, -0.2) is 0 Å². The second-order valence-corrected chi connectivity index (χ2v) is 33.6. The third-order valence-electron chi connectivity index (χ3n) is 12.3. The number of furan rings is 2. The molecule has 0 spiro atoms. The Morgan fingerprint density at radius 1 is 0.554 bits per heavy atom. The quantitative estimate of drug-likeness (QED) is 0.142. The van der Waals surface area contributed by atoms with E-state index in [0.717, 1.165) is 35.9 Å². The van der Waals surface area contributed by atoms with E-state index >= 15 is 0 Å². The van der Waals surface area contributed by atoms with Crippen LogP contribution < -0.4 is 0 Å². The molecule has 2 heterocycles. The first-order chi connectivity index (χ1) is 26.0. The summed E-state index contributed by atoms with van der Waals surface area (Å²) in [6.45, 7) is 23.3. The number of halogens is 2. The molecule has 2 aliphatic carbocycles. The van der Waals surface area contributed by atoms with E-state index in [-0.39, 0.29) is 24.8 Å². The fourth-order valence-corrected chi connectivity index (χ4v) is 29.1. The first kappa shape index (κ1) is 42.2. The van der Waals surface area contributed by atoms with Crippen LogP contribution in [0.4, 0.5) is 0 Å². The maximum atomic E-state index is 6.64. The molecule has 288 valence electrons. The minimum absolute atomic E-state index is 0. The molecule has 56 heavy (non-hydrogen) atoms. The van der Waals surface area contributed by atoms with Gasteiger partial charge in [0.15, 0.2) is 0 Å². The zero-order valence-corrected chi connectivity index (χ0v) is 39.5. The monoisotopic (exact) mass is 874 g/mol. The number of rotatable bonds is 8. The van der Waals surface area contributed by atoms with Gasteiger partial charge in [-0.2, -0.15) is 0 Å². The van der Waals surface area contributed by atoms with Gasteiger partial charge < -0.3 is 0 Å². The summed E-state index contributed by atoms with van der Waals surface area (Å²) in [5, 5.41) is 0. The summed E-state index contributed by atoms with van der Waals surface area (Å²) < 4.78 is 14.0. The van der Waals surface area contributed by atoms with Crippen LogP contribution in [0.3, 0.4) is 0 Å². The van der Waals surface area contributed by atoms with Gasteiger partial charge >= 0.3 is 332 Å². The zero-order chi connectivity index (χ0) is 38.0. The summed E-state index contributed by atoms with van der Waals surface area (Å²) in [4.78, 5) is 0. The smallest absolute Gasteiger partial charge is 0.147 e. The Labute approximate surface area is 354 Å². The van der Waals surface area contributed by atoms with Gasteiger partial charge in [0.2, 0.25) is 0 Å². The predicted molar refractivity (Wildman–Crippen MR) is 242 cm³/mol. The van der Waals surface area contributed by atoms with Crippen molar-refractivity contribution in [3.8, 4) is 22.3 Å². The molecule has 2 unspecified atom stereocenters. The third-order valence-corrected chi connectivity index (χ3v) is 31.5. The normalized spacial score (nSPS) is 15.4. The van der Waals surface area contributed by atoms with Gasteiger partial charge in [0.1, 0.15) is 0 Å². The average molecular weight is 877 g/mol. The second kappa shape index (κ2) is 16.8. The number of allylic oxidation sites excluding steroid dienone is 2. The van der Waals surface area contributed by atoms with E-state index in [2.05, 4.69) is 166 Å². The molecule has 0 saturated carbocycles. The number of hydrogen-bond donors (Lipinski definition) is 0. The Hall–Kier alpha value is -3.40. The molecule has 0 radical (unpaired) electrons. The van der Waals surface area contributed by atoms with Crippen LogP contribution in [0.15, 0.2) is 93.8 Å². The van der Waals surface area contributed by atoms with Gasteiger partial charge in [0.05, 0.1) is 0 Å². The van der Waals surface area contributed by atoms with E-state index in [1.165, 1.54) is 89.0 Å².